The third-order valence-electron chi connectivity index (χ3n) is 7.60. The third-order valence-corrected chi connectivity index (χ3v) is 13.4. The van der Waals surface area contributed by atoms with Crippen molar-refractivity contribution >= 4 is 114 Å². The van der Waals surface area contributed by atoms with E-state index in [0.29, 0.717) is 10.0 Å². The summed E-state index contributed by atoms with van der Waals surface area (Å²) < 4.78 is 0. The molecule has 0 N–H and O–H groups in total. The lowest BCUT2D eigenvalue weighted by Crippen LogP contribution is -1.91. The van der Waals surface area contributed by atoms with Gasteiger partial charge in [0, 0.05) is 80.8 Å². The van der Waals surface area contributed by atoms with E-state index in [2.05, 4.69) is 34.2 Å². The summed E-state index contributed by atoms with van der Waals surface area (Å²) in [6, 6.07) is 32.4. The molecule has 0 atom stereocenters. The van der Waals surface area contributed by atoms with Crippen LogP contribution in [0, 0.1) is 0 Å². The van der Waals surface area contributed by atoms with Crippen LogP contribution in [0.3, 0.4) is 0 Å². The fourth-order valence-electron chi connectivity index (χ4n) is 5.31. The number of thioether (sulfide) groups is 2. The van der Waals surface area contributed by atoms with E-state index in [0.717, 1.165) is 78.1 Å². The van der Waals surface area contributed by atoms with Gasteiger partial charge in [0.1, 0.15) is 0 Å². The lowest BCUT2D eigenvalue weighted by atomic mass is 10.2. The van der Waals surface area contributed by atoms with Crippen LogP contribution >= 0.6 is 70.2 Å². The van der Waals surface area contributed by atoms with Crippen molar-refractivity contribution in [3.05, 3.63) is 132 Å². The molecule has 0 aliphatic heterocycles. The van der Waals surface area contributed by atoms with Crippen LogP contribution in [0.15, 0.2) is 151 Å². The molecule has 4 aromatic carbocycles. The average Bonchev–Trinajstić information content (AvgIpc) is 3.12. The van der Waals surface area contributed by atoms with Crippen LogP contribution in [-0.4, -0.2) is 25.0 Å². The average molecular weight is 722 g/mol. The van der Waals surface area contributed by atoms with Crippen LogP contribution < -0.4 is 0 Å². The molecule has 0 spiro atoms. The van der Waals surface area contributed by atoms with E-state index >= 15 is 0 Å². The van der Waals surface area contributed by atoms with Crippen LogP contribution in [0.4, 0.5) is 0 Å². The SMILES string of the molecule is Clc1c(Sc2c(SCSc3cnc4ccccc4c3Sc3cnc4ccccc4c3Cl)cnc3ccccc23)cnc2ccccc12. The molecule has 0 saturated carbocycles. The number of halogens is 2. The largest absolute Gasteiger partial charge is 0.255 e. The first-order chi connectivity index (χ1) is 23.1. The Hall–Kier alpha value is -3.50. The maximum absolute atomic E-state index is 6.94. The monoisotopic (exact) mass is 720 g/mol. The first-order valence-electron chi connectivity index (χ1n) is 14.6. The van der Waals surface area contributed by atoms with E-state index in [9.17, 15) is 0 Å². The lowest BCUT2D eigenvalue weighted by molar-refractivity contribution is 1.19. The van der Waals surface area contributed by atoms with Crippen LogP contribution in [0.5, 0.6) is 0 Å². The van der Waals surface area contributed by atoms with Crippen molar-refractivity contribution in [3.63, 3.8) is 0 Å². The topological polar surface area (TPSA) is 51.6 Å². The molecule has 8 rings (SSSR count). The predicted molar refractivity (Wildman–Crippen MR) is 202 cm³/mol. The summed E-state index contributed by atoms with van der Waals surface area (Å²) in [4.78, 5) is 25.2. The molecule has 0 radical (unpaired) electrons. The highest BCUT2D eigenvalue weighted by molar-refractivity contribution is 8.16. The van der Waals surface area contributed by atoms with Crippen LogP contribution in [-0.2, 0) is 0 Å². The van der Waals surface area contributed by atoms with Gasteiger partial charge in [-0.2, -0.15) is 0 Å². The van der Waals surface area contributed by atoms with Gasteiger partial charge in [0.25, 0.3) is 0 Å². The second-order valence-corrected chi connectivity index (χ2v) is 15.7. The molecule has 4 aromatic heterocycles. The number of nitrogens with zero attached hydrogens (tertiary/aromatic N) is 4. The van der Waals surface area contributed by atoms with Gasteiger partial charge in [-0.25, -0.2) is 0 Å². The molecule has 0 amide bonds. The highest BCUT2D eigenvalue weighted by atomic mass is 35.5. The summed E-state index contributed by atoms with van der Waals surface area (Å²) in [5.74, 6) is 0. The molecule has 0 bridgehead atoms. The zero-order valence-corrected chi connectivity index (χ0v) is 29.2. The van der Waals surface area contributed by atoms with E-state index in [4.69, 9.17) is 33.2 Å². The minimum atomic E-state index is 0.706. The number of rotatable bonds is 8. The van der Waals surface area contributed by atoms with Gasteiger partial charge in [0.2, 0.25) is 0 Å². The summed E-state index contributed by atoms with van der Waals surface area (Å²) in [5, 5.41) is 6.21. The maximum atomic E-state index is 6.94. The van der Waals surface area contributed by atoms with Crippen LogP contribution in [0.2, 0.25) is 10.0 Å². The number of hydrogen-bond donors (Lipinski definition) is 0. The number of hydrogen-bond acceptors (Lipinski definition) is 8. The molecular formula is C37H22Cl2N4S4. The molecule has 4 nitrogen and oxygen atoms in total. The standard InChI is InChI=1S/C37H22Cl2N4S4/c38-34-22-9-1-5-13-26(22)40-17-30(34)46-36-24-11-3-7-15-28(24)42-19-32(36)44-21-45-33-20-43-29-16-8-4-12-25(29)37(33)47-31-18-41-27-14-6-2-10-23(27)35(31)39/h1-20H,21H2. The van der Waals surface area contributed by atoms with E-state index < -0.39 is 0 Å². The molecule has 8 aromatic rings. The summed E-state index contributed by atoms with van der Waals surface area (Å²) in [5.41, 5.74) is 3.64. The second-order valence-electron chi connectivity index (χ2n) is 10.5. The maximum Gasteiger partial charge on any atom is 0.0717 e. The Kier molecular flexibility index (Phi) is 8.88. The first kappa shape index (κ1) is 30.8. The van der Waals surface area contributed by atoms with Crippen LogP contribution in [0.1, 0.15) is 0 Å². The van der Waals surface area contributed by atoms with Gasteiger partial charge in [0.15, 0.2) is 0 Å². The predicted octanol–water partition coefficient (Wildman–Crippen LogP) is 12.3. The summed E-state index contributed by atoms with van der Waals surface area (Å²) in [6.07, 6.45) is 7.66. The Labute approximate surface area is 298 Å². The fraction of sp³-hybridized carbons (Fsp3) is 0.0270. The van der Waals surface area contributed by atoms with Crippen molar-refractivity contribution in [2.75, 3.05) is 5.08 Å². The molecule has 10 heteroatoms. The molecule has 228 valence electrons. The zero-order valence-electron chi connectivity index (χ0n) is 24.4. The van der Waals surface area contributed by atoms with Gasteiger partial charge < -0.3 is 0 Å². The molecule has 0 aliphatic carbocycles. The number of benzene rings is 4. The minimum absolute atomic E-state index is 0.706. The second kappa shape index (κ2) is 13.5. The first-order valence-corrected chi connectivity index (χ1v) is 18.9. The molecule has 4 heterocycles. The number of para-hydroxylation sites is 4. The van der Waals surface area contributed by atoms with Gasteiger partial charge in [-0.3, -0.25) is 19.9 Å². The van der Waals surface area contributed by atoms with Crippen molar-refractivity contribution in [1.29, 1.82) is 0 Å². The van der Waals surface area contributed by atoms with Gasteiger partial charge in [-0.1, -0.05) is 120 Å². The van der Waals surface area contributed by atoms with Gasteiger partial charge >= 0.3 is 0 Å². The van der Waals surface area contributed by atoms with Gasteiger partial charge in [-0.15, -0.1) is 23.5 Å². The summed E-state index contributed by atoms with van der Waals surface area (Å²) in [6.45, 7) is 0. The minimum Gasteiger partial charge on any atom is -0.255 e. The highest BCUT2D eigenvalue weighted by Crippen LogP contribution is 2.47. The Bertz CT molecular complexity index is 2290. The Morgan fingerprint density at radius 1 is 0.404 bits per heavy atom. The normalized spacial score (nSPS) is 11.6. The third kappa shape index (κ3) is 6.15. The van der Waals surface area contributed by atoms with Crippen molar-refractivity contribution in [1.82, 2.24) is 19.9 Å². The van der Waals surface area contributed by atoms with E-state index in [1.165, 1.54) is 0 Å². The van der Waals surface area contributed by atoms with E-state index in [-0.39, 0.29) is 0 Å². The Morgan fingerprint density at radius 3 is 1.13 bits per heavy atom. The molecule has 0 aliphatic rings. The molecule has 0 saturated heterocycles. The molecular weight excluding hydrogens is 700 g/mol. The Balaban J connectivity index is 1.12. The smallest absolute Gasteiger partial charge is 0.0717 e. The van der Waals surface area contributed by atoms with Crippen molar-refractivity contribution < 1.29 is 0 Å². The Morgan fingerprint density at radius 2 is 0.723 bits per heavy atom. The van der Waals surface area contributed by atoms with Gasteiger partial charge in [-0.05, 0) is 24.3 Å². The number of fused-ring (bicyclic) bond motifs is 4. The quantitative estimate of drug-likeness (QED) is 0.114. The zero-order chi connectivity index (χ0) is 31.7. The van der Waals surface area contributed by atoms with Gasteiger partial charge in [0.05, 0.1) is 32.1 Å². The summed E-state index contributed by atoms with van der Waals surface area (Å²) in [7, 11) is 0. The molecule has 0 fully saturated rings. The number of aromatic nitrogens is 4. The van der Waals surface area contributed by atoms with E-state index in [1.807, 2.05) is 97.6 Å². The number of pyridine rings is 4. The summed E-state index contributed by atoms with van der Waals surface area (Å²) >= 11 is 20.7. The van der Waals surface area contributed by atoms with Crippen molar-refractivity contribution in [2.45, 2.75) is 29.4 Å². The highest BCUT2D eigenvalue weighted by Gasteiger charge is 2.18. The molecule has 47 heavy (non-hydrogen) atoms. The van der Waals surface area contributed by atoms with Crippen LogP contribution in [0.25, 0.3) is 43.6 Å². The molecule has 0 unspecified atom stereocenters. The van der Waals surface area contributed by atoms with Crippen molar-refractivity contribution in [3.8, 4) is 0 Å². The fourth-order valence-corrected chi connectivity index (χ4v) is 10.5. The lowest BCUT2D eigenvalue weighted by Gasteiger charge is -2.15. The van der Waals surface area contributed by atoms with E-state index in [1.54, 1.807) is 47.0 Å². The van der Waals surface area contributed by atoms with Crippen molar-refractivity contribution in [2.24, 2.45) is 0 Å².